The first-order valence-corrected chi connectivity index (χ1v) is 13.8. The van der Waals surface area contributed by atoms with Gasteiger partial charge in [0.15, 0.2) is 6.23 Å². The number of aliphatic hydroxyl groups excluding tert-OH is 3. The van der Waals surface area contributed by atoms with E-state index in [9.17, 15) is 19.8 Å². The number of pyridine rings is 2. The Hall–Kier alpha value is -2.67. The van der Waals surface area contributed by atoms with E-state index in [1.54, 1.807) is 43.9 Å². The van der Waals surface area contributed by atoms with E-state index in [0.717, 1.165) is 20.4 Å². The summed E-state index contributed by atoms with van der Waals surface area (Å²) in [6, 6.07) is 10.2. The van der Waals surface area contributed by atoms with Crippen molar-refractivity contribution in [3.05, 3.63) is 81.5 Å². The van der Waals surface area contributed by atoms with Gasteiger partial charge in [-0.05, 0) is 62.8 Å². The summed E-state index contributed by atoms with van der Waals surface area (Å²) < 4.78 is 16.1. The van der Waals surface area contributed by atoms with Gasteiger partial charge in [0.05, 0.1) is 24.0 Å². The van der Waals surface area contributed by atoms with Crippen LogP contribution in [0.5, 0.6) is 0 Å². The number of aliphatic imine (C=N–C) groups is 1. The lowest BCUT2D eigenvalue weighted by Gasteiger charge is -2.18. The van der Waals surface area contributed by atoms with Crippen LogP contribution < -0.4 is 11.2 Å². The predicted molar refractivity (Wildman–Crippen MR) is 163 cm³/mol. The van der Waals surface area contributed by atoms with Crippen LogP contribution in [-0.2, 0) is 15.8 Å². The normalized spacial score (nSPS) is 18.8. The summed E-state index contributed by atoms with van der Waals surface area (Å²) in [7, 11) is 3.75. The van der Waals surface area contributed by atoms with Crippen LogP contribution in [0.1, 0.15) is 25.3 Å². The summed E-state index contributed by atoms with van der Waals surface area (Å²) in [5, 5.41) is 29.5. The van der Waals surface area contributed by atoms with E-state index in [0.29, 0.717) is 5.69 Å². The van der Waals surface area contributed by atoms with Gasteiger partial charge in [0.1, 0.15) is 12.2 Å². The molecule has 3 aromatic heterocycles. The zero-order valence-electron chi connectivity index (χ0n) is 22.9. The average Bonchev–Trinajstić information content (AvgIpc) is 3.31. The lowest BCUT2D eigenvalue weighted by Crippen LogP contribution is -2.43. The summed E-state index contributed by atoms with van der Waals surface area (Å²) in [6.45, 7) is 1.55. The molecule has 232 valence electrons. The van der Waals surface area contributed by atoms with Gasteiger partial charge >= 0.3 is 14.4 Å². The molecule has 0 aromatic carbocycles. The van der Waals surface area contributed by atoms with E-state index in [2.05, 4.69) is 15.0 Å². The summed E-state index contributed by atoms with van der Waals surface area (Å²) >= 11 is 0. The summed E-state index contributed by atoms with van der Waals surface area (Å²) in [4.78, 5) is 58.4. The molecule has 0 radical (unpaired) electrons. The molecular formula is C24H36N5O10P3. The fourth-order valence-electron chi connectivity index (χ4n) is 3.62. The lowest BCUT2D eigenvalue weighted by molar-refractivity contribution is -0.0458. The Kier molecular flexibility index (Phi) is 21.4. The monoisotopic (exact) mass is 647 g/mol. The zero-order valence-corrected chi connectivity index (χ0v) is 26.1. The highest BCUT2D eigenvalue weighted by Gasteiger charge is 2.43. The maximum atomic E-state index is 13.0. The molecule has 15 nitrogen and oxygen atoms in total. The Bertz CT molecular complexity index is 1310. The fourth-order valence-corrected chi connectivity index (χ4v) is 3.62. The maximum Gasteiger partial charge on any atom is 0.333 e. The van der Waals surface area contributed by atoms with Crippen LogP contribution in [0.2, 0.25) is 0 Å². The fraction of sp³-hybridized carbons (Fsp3) is 0.375. The SMILES string of the molecule is CC=NC.O=PO.O=c1ccn(C2OC(CCO)C(O)C2O)c(=O)n1Cc1cc(-c2ccccn2)ccn1.OP.OP. The van der Waals surface area contributed by atoms with Crippen molar-refractivity contribution < 1.29 is 39.3 Å². The van der Waals surface area contributed by atoms with Crippen LogP contribution in [0.15, 0.2) is 69.6 Å². The zero-order chi connectivity index (χ0) is 32.1. The van der Waals surface area contributed by atoms with E-state index >= 15 is 0 Å². The summed E-state index contributed by atoms with van der Waals surface area (Å²) in [6.07, 6.45) is 1.67. The van der Waals surface area contributed by atoms with Crippen molar-refractivity contribution in [2.75, 3.05) is 13.7 Å². The average molecular weight is 647 g/mol. The molecular weight excluding hydrogens is 611 g/mol. The quantitative estimate of drug-likeness (QED) is 0.153. The molecule has 4 rings (SSSR count). The third-order valence-electron chi connectivity index (χ3n) is 5.48. The first kappa shape index (κ1) is 39.3. The minimum absolute atomic E-state index is 0.0926. The smallest absolute Gasteiger partial charge is 0.333 e. The Morgan fingerprint density at radius 2 is 1.71 bits per heavy atom. The van der Waals surface area contributed by atoms with Gasteiger partial charge in [0, 0.05) is 43.9 Å². The van der Waals surface area contributed by atoms with Crippen molar-refractivity contribution in [3.8, 4) is 11.3 Å². The second-order valence-corrected chi connectivity index (χ2v) is 8.00. The molecule has 0 spiro atoms. The van der Waals surface area contributed by atoms with Gasteiger partial charge in [0.25, 0.3) is 5.56 Å². The van der Waals surface area contributed by atoms with Crippen molar-refractivity contribution in [1.82, 2.24) is 19.1 Å². The van der Waals surface area contributed by atoms with E-state index in [-0.39, 0.29) is 19.6 Å². The second-order valence-electron chi connectivity index (χ2n) is 7.84. The Balaban J connectivity index is 0.00000134. The predicted octanol–water partition coefficient (Wildman–Crippen LogP) is -0.0532. The third-order valence-corrected chi connectivity index (χ3v) is 5.48. The number of ether oxygens (including phenoxy) is 1. The Labute approximate surface area is 248 Å². The molecule has 6 atom stereocenters. The van der Waals surface area contributed by atoms with Crippen LogP contribution in [0.4, 0.5) is 0 Å². The number of aromatic nitrogens is 4. The van der Waals surface area contributed by atoms with Gasteiger partial charge in [-0.25, -0.2) is 9.36 Å². The third kappa shape index (κ3) is 11.9. The van der Waals surface area contributed by atoms with E-state index < -0.39 is 44.5 Å². The van der Waals surface area contributed by atoms with Crippen molar-refractivity contribution in [3.63, 3.8) is 0 Å². The highest BCUT2D eigenvalue weighted by molar-refractivity contribution is 7.16. The molecule has 0 aliphatic carbocycles. The summed E-state index contributed by atoms with van der Waals surface area (Å²) in [5.74, 6) is 0. The molecule has 18 heteroatoms. The number of nitrogens with zero attached hydrogens (tertiary/aromatic N) is 5. The molecule has 0 saturated carbocycles. The minimum Gasteiger partial charge on any atom is -0.396 e. The molecule has 4 heterocycles. The molecule has 1 saturated heterocycles. The maximum absolute atomic E-state index is 13.0. The largest absolute Gasteiger partial charge is 0.396 e. The van der Waals surface area contributed by atoms with E-state index in [1.165, 1.54) is 31.2 Å². The van der Waals surface area contributed by atoms with Crippen LogP contribution >= 0.6 is 27.6 Å². The van der Waals surface area contributed by atoms with Crippen molar-refractivity contribution in [2.24, 2.45) is 4.99 Å². The molecule has 3 aromatic rings. The Morgan fingerprint density at radius 1 is 1.07 bits per heavy atom. The van der Waals surface area contributed by atoms with Crippen molar-refractivity contribution >= 4 is 33.8 Å². The first-order valence-electron chi connectivity index (χ1n) is 12.0. The van der Waals surface area contributed by atoms with Gasteiger partial charge < -0.3 is 39.7 Å². The molecule has 1 aliphatic heterocycles. The molecule has 6 unspecified atom stereocenters. The number of hydrogen-bond donors (Lipinski definition) is 6. The molecule has 1 fully saturated rings. The van der Waals surface area contributed by atoms with Gasteiger partial charge in [-0.1, -0.05) is 6.07 Å². The van der Waals surface area contributed by atoms with Gasteiger partial charge in [-0.15, -0.1) is 0 Å². The van der Waals surface area contributed by atoms with Gasteiger partial charge in [-0.3, -0.25) is 23.9 Å². The number of aliphatic hydroxyl groups is 3. The molecule has 42 heavy (non-hydrogen) atoms. The molecule has 6 N–H and O–H groups in total. The number of hydrogen-bond acceptors (Lipinski definition) is 12. The lowest BCUT2D eigenvalue weighted by atomic mass is 10.1. The van der Waals surface area contributed by atoms with Gasteiger partial charge in [-0.2, -0.15) is 0 Å². The van der Waals surface area contributed by atoms with Crippen LogP contribution in [0, 0.1) is 0 Å². The topological polar surface area (TPSA) is 230 Å². The summed E-state index contributed by atoms with van der Waals surface area (Å²) in [5.41, 5.74) is 0.755. The highest BCUT2D eigenvalue weighted by atomic mass is 31.1. The first-order chi connectivity index (χ1) is 20.3. The molecule has 1 aliphatic rings. The molecule has 0 bridgehead atoms. The standard InChI is InChI=1S/C21H22N4O6.C3H7N.HO2P.2H3OP/c26-10-6-16-18(28)19(29)20(31-16)24-9-5-17(27)25(21(24)30)12-14-11-13(4-8-22-14)15-3-1-2-7-23-15;1-3-4-2;1-3-2;2*1-2/h1-5,7-9,11,16,18-20,26,28-29H,6,10,12H2;3H,1-2H3;(H,1,2);2*1H,2H2. The van der Waals surface area contributed by atoms with E-state index in [1.807, 2.05) is 19.1 Å². The Morgan fingerprint density at radius 3 is 2.26 bits per heavy atom. The van der Waals surface area contributed by atoms with Crippen LogP contribution in [0.3, 0.4) is 0 Å². The van der Waals surface area contributed by atoms with Crippen LogP contribution in [0.25, 0.3) is 11.3 Å². The van der Waals surface area contributed by atoms with Gasteiger partial charge in [0.2, 0.25) is 0 Å². The highest BCUT2D eigenvalue weighted by Crippen LogP contribution is 2.29. The van der Waals surface area contributed by atoms with Crippen LogP contribution in [-0.4, -0.2) is 87.3 Å². The van der Waals surface area contributed by atoms with E-state index in [4.69, 9.17) is 29.1 Å². The second kappa shape index (κ2) is 22.9. The molecule has 0 amide bonds. The van der Waals surface area contributed by atoms with Crippen molar-refractivity contribution in [2.45, 2.75) is 44.4 Å². The van der Waals surface area contributed by atoms with Crippen molar-refractivity contribution in [1.29, 1.82) is 0 Å². The minimum atomic E-state index is -1.38. The number of rotatable bonds is 6.